The summed E-state index contributed by atoms with van der Waals surface area (Å²) in [6.45, 7) is 3.54. The van der Waals surface area contributed by atoms with Crippen molar-refractivity contribution in [1.29, 1.82) is 0 Å². The number of methoxy groups -OCH3 is 2. The Hall–Kier alpha value is -1.36. The van der Waals surface area contributed by atoms with Crippen LogP contribution >= 0.6 is 0 Å². The lowest BCUT2D eigenvalue weighted by Gasteiger charge is -2.21. The SMILES string of the molecule is CCC(C)(O)c1ncc(OC)nc1OC. The average Bonchev–Trinajstić information content (AvgIpc) is 2.28. The summed E-state index contributed by atoms with van der Waals surface area (Å²) in [7, 11) is 2.99. The van der Waals surface area contributed by atoms with Gasteiger partial charge in [-0.05, 0) is 13.3 Å². The van der Waals surface area contributed by atoms with Gasteiger partial charge in [0.2, 0.25) is 11.8 Å². The van der Waals surface area contributed by atoms with Crippen LogP contribution in [0.15, 0.2) is 6.20 Å². The molecule has 1 unspecified atom stereocenters. The molecule has 0 aliphatic heterocycles. The molecular formula is C10H16N2O3. The Bertz CT molecular complexity index is 339. The number of aromatic nitrogens is 2. The molecule has 1 aromatic heterocycles. The summed E-state index contributed by atoms with van der Waals surface area (Å²) >= 11 is 0. The van der Waals surface area contributed by atoms with E-state index in [2.05, 4.69) is 9.97 Å². The highest BCUT2D eigenvalue weighted by molar-refractivity contribution is 5.27. The fraction of sp³-hybridized carbons (Fsp3) is 0.600. The minimum absolute atomic E-state index is 0.293. The van der Waals surface area contributed by atoms with E-state index in [1.54, 1.807) is 6.92 Å². The summed E-state index contributed by atoms with van der Waals surface area (Å²) < 4.78 is 9.99. The molecule has 0 saturated heterocycles. The molecule has 0 aromatic carbocycles. The highest BCUT2D eigenvalue weighted by atomic mass is 16.5. The first-order valence-corrected chi connectivity index (χ1v) is 4.73. The lowest BCUT2D eigenvalue weighted by molar-refractivity contribution is 0.0448. The predicted molar refractivity (Wildman–Crippen MR) is 55.0 cm³/mol. The summed E-state index contributed by atoms with van der Waals surface area (Å²) in [6, 6.07) is 0. The van der Waals surface area contributed by atoms with Crippen molar-refractivity contribution in [3.05, 3.63) is 11.9 Å². The summed E-state index contributed by atoms with van der Waals surface area (Å²) in [5, 5.41) is 10.0. The summed E-state index contributed by atoms with van der Waals surface area (Å²) in [6.07, 6.45) is 1.99. The molecule has 1 N–H and O–H groups in total. The molecule has 1 rings (SSSR count). The molecule has 0 aliphatic rings. The Labute approximate surface area is 89.1 Å². The van der Waals surface area contributed by atoms with Crippen LogP contribution in [0.2, 0.25) is 0 Å². The van der Waals surface area contributed by atoms with Crippen molar-refractivity contribution in [2.75, 3.05) is 14.2 Å². The molecule has 1 heterocycles. The van der Waals surface area contributed by atoms with Crippen molar-refractivity contribution in [2.45, 2.75) is 25.9 Å². The van der Waals surface area contributed by atoms with Crippen LogP contribution in [0.1, 0.15) is 26.0 Å². The zero-order valence-corrected chi connectivity index (χ0v) is 9.44. The van der Waals surface area contributed by atoms with Crippen molar-refractivity contribution in [3.63, 3.8) is 0 Å². The zero-order chi connectivity index (χ0) is 11.5. The van der Waals surface area contributed by atoms with Gasteiger partial charge < -0.3 is 14.6 Å². The predicted octanol–water partition coefficient (Wildman–Crippen LogP) is 1.11. The van der Waals surface area contributed by atoms with Crippen LogP contribution in [0.25, 0.3) is 0 Å². The molecule has 84 valence electrons. The molecule has 15 heavy (non-hydrogen) atoms. The molecule has 0 radical (unpaired) electrons. The first kappa shape index (κ1) is 11.7. The molecule has 1 atom stereocenters. The summed E-state index contributed by atoms with van der Waals surface area (Å²) in [5.74, 6) is 0.656. The molecule has 0 spiro atoms. The van der Waals surface area contributed by atoms with Crippen LogP contribution in [0.5, 0.6) is 11.8 Å². The lowest BCUT2D eigenvalue weighted by atomic mass is 9.99. The van der Waals surface area contributed by atoms with E-state index < -0.39 is 5.60 Å². The summed E-state index contributed by atoms with van der Waals surface area (Å²) in [4.78, 5) is 8.16. The van der Waals surface area contributed by atoms with Crippen LogP contribution in [-0.4, -0.2) is 29.3 Å². The van der Waals surface area contributed by atoms with Gasteiger partial charge in [0.25, 0.3) is 0 Å². The fourth-order valence-electron chi connectivity index (χ4n) is 1.13. The molecule has 0 aliphatic carbocycles. The number of aliphatic hydroxyl groups is 1. The Morgan fingerprint density at radius 1 is 1.40 bits per heavy atom. The number of rotatable bonds is 4. The van der Waals surface area contributed by atoms with Gasteiger partial charge >= 0.3 is 0 Å². The lowest BCUT2D eigenvalue weighted by Crippen LogP contribution is -2.23. The maximum Gasteiger partial charge on any atom is 0.241 e. The van der Waals surface area contributed by atoms with Gasteiger partial charge in [-0.15, -0.1) is 0 Å². The molecule has 5 heteroatoms. The molecule has 0 saturated carbocycles. The zero-order valence-electron chi connectivity index (χ0n) is 9.44. The standard InChI is InChI=1S/C10H16N2O3/c1-5-10(2,13)8-9(15-4)12-7(14-3)6-11-8/h6,13H,5H2,1-4H3. The minimum Gasteiger partial charge on any atom is -0.480 e. The normalized spacial score (nSPS) is 14.5. The number of hydrogen-bond donors (Lipinski definition) is 1. The van der Waals surface area contributed by atoms with E-state index in [1.807, 2.05) is 6.92 Å². The van der Waals surface area contributed by atoms with Gasteiger partial charge in [-0.25, -0.2) is 4.98 Å². The second-order valence-electron chi connectivity index (χ2n) is 3.40. The molecule has 0 amide bonds. The minimum atomic E-state index is -1.04. The van der Waals surface area contributed by atoms with Gasteiger partial charge in [0.05, 0.1) is 20.4 Å². The maximum atomic E-state index is 10.0. The van der Waals surface area contributed by atoms with Crippen LogP contribution in [0.3, 0.4) is 0 Å². The van der Waals surface area contributed by atoms with Crippen molar-refractivity contribution >= 4 is 0 Å². The van der Waals surface area contributed by atoms with E-state index >= 15 is 0 Å². The van der Waals surface area contributed by atoms with Gasteiger partial charge in [-0.1, -0.05) is 6.92 Å². The molecule has 0 fully saturated rings. The van der Waals surface area contributed by atoms with Crippen molar-refractivity contribution in [1.82, 2.24) is 9.97 Å². The maximum absolute atomic E-state index is 10.0. The molecular weight excluding hydrogens is 196 g/mol. The van der Waals surface area contributed by atoms with Crippen LogP contribution in [0, 0.1) is 0 Å². The Morgan fingerprint density at radius 3 is 2.53 bits per heavy atom. The molecule has 5 nitrogen and oxygen atoms in total. The highest BCUT2D eigenvalue weighted by Crippen LogP contribution is 2.29. The van der Waals surface area contributed by atoms with E-state index in [1.165, 1.54) is 20.4 Å². The first-order chi connectivity index (χ1) is 7.05. The van der Waals surface area contributed by atoms with Crippen molar-refractivity contribution in [2.24, 2.45) is 0 Å². The third-order valence-corrected chi connectivity index (χ3v) is 2.32. The number of nitrogens with zero attached hydrogens (tertiary/aromatic N) is 2. The van der Waals surface area contributed by atoms with E-state index in [0.29, 0.717) is 23.9 Å². The van der Waals surface area contributed by atoms with Gasteiger partial charge in [0, 0.05) is 0 Å². The number of hydrogen-bond acceptors (Lipinski definition) is 5. The van der Waals surface area contributed by atoms with Crippen LogP contribution in [0.4, 0.5) is 0 Å². The van der Waals surface area contributed by atoms with E-state index in [9.17, 15) is 5.11 Å². The van der Waals surface area contributed by atoms with Gasteiger partial charge in [0.1, 0.15) is 11.3 Å². The molecule has 1 aromatic rings. The van der Waals surface area contributed by atoms with Gasteiger partial charge in [0.15, 0.2) is 0 Å². The van der Waals surface area contributed by atoms with Gasteiger partial charge in [-0.2, -0.15) is 4.98 Å². The molecule has 0 bridgehead atoms. The fourth-order valence-corrected chi connectivity index (χ4v) is 1.13. The first-order valence-electron chi connectivity index (χ1n) is 4.73. The van der Waals surface area contributed by atoms with Crippen molar-refractivity contribution in [3.8, 4) is 11.8 Å². The quantitative estimate of drug-likeness (QED) is 0.810. The topological polar surface area (TPSA) is 64.5 Å². The Kier molecular flexibility index (Phi) is 3.47. The van der Waals surface area contributed by atoms with E-state index in [4.69, 9.17) is 9.47 Å². The van der Waals surface area contributed by atoms with E-state index in [0.717, 1.165) is 0 Å². The largest absolute Gasteiger partial charge is 0.480 e. The van der Waals surface area contributed by atoms with E-state index in [-0.39, 0.29) is 0 Å². The Balaban J connectivity index is 3.18. The second kappa shape index (κ2) is 4.44. The van der Waals surface area contributed by atoms with Crippen molar-refractivity contribution < 1.29 is 14.6 Å². The summed E-state index contributed by atoms with van der Waals surface area (Å²) in [5.41, 5.74) is -0.613. The van der Waals surface area contributed by atoms with Crippen LogP contribution in [-0.2, 0) is 5.60 Å². The smallest absolute Gasteiger partial charge is 0.241 e. The monoisotopic (exact) mass is 212 g/mol. The highest BCUT2D eigenvalue weighted by Gasteiger charge is 2.27. The van der Waals surface area contributed by atoms with Crippen LogP contribution < -0.4 is 9.47 Å². The van der Waals surface area contributed by atoms with Gasteiger partial charge in [-0.3, -0.25) is 0 Å². The third kappa shape index (κ3) is 2.36. The Morgan fingerprint density at radius 2 is 2.07 bits per heavy atom. The third-order valence-electron chi connectivity index (χ3n) is 2.32. The average molecular weight is 212 g/mol. The second-order valence-corrected chi connectivity index (χ2v) is 3.40. The number of ether oxygens (including phenoxy) is 2.